The maximum absolute atomic E-state index is 12.2. The third kappa shape index (κ3) is 5.50. The van der Waals surface area contributed by atoms with E-state index in [0.29, 0.717) is 0 Å². The van der Waals surface area contributed by atoms with Crippen molar-refractivity contribution < 1.29 is 9.53 Å². The number of carbonyl (C=O) groups excluding carboxylic acids is 1. The Morgan fingerprint density at radius 3 is 2.73 bits per heavy atom. The van der Waals surface area contributed by atoms with E-state index in [1.54, 1.807) is 0 Å². The summed E-state index contributed by atoms with van der Waals surface area (Å²) in [5.41, 5.74) is 1.94. The second-order valence-electron chi connectivity index (χ2n) is 5.69. The van der Waals surface area contributed by atoms with Gasteiger partial charge < -0.3 is 15.4 Å². The molecule has 0 unspecified atom stereocenters. The van der Waals surface area contributed by atoms with Crippen molar-refractivity contribution in [2.45, 2.75) is 39.5 Å². The molecule has 1 heterocycles. The SMILES string of the molecule is CCCCOc1ccc(NC(=O)C2CCNCC2)c(C)c1.Cl. The van der Waals surface area contributed by atoms with E-state index in [1.165, 1.54) is 0 Å². The Kier molecular flexibility index (Phi) is 8.28. The average molecular weight is 327 g/mol. The van der Waals surface area contributed by atoms with Crippen LogP contribution < -0.4 is 15.4 Å². The largest absolute Gasteiger partial charge is 0.494 e. The summed E-state index contributed by atoms with van der Waals surface area (Å²) >= 11 is 0. The van der Waals surface area contributed by atoms with Gasteiger partial charge in [-0.1, -0.05) is 13.3 Å². The molecule has 124 valence electrons. The lowest BCUT2D eigenvalue weighted by atomic mass is 9.97. The summed E-state index contributed by atoms with van der Waals surface area (Å²) in [5, 5.41) is 6.33. The van der Waals surface area contributed by atoms with Gasteiger partial charge in [0.1, 0.15) is 5.75 Å². The number of rotatable bonds is 6. The first-order valence-electron chi connectivity index (χ1n) is 7.95. The van der Waals surface area contributed by atoms with Crippen LogP contribution in [0.1, 0.15) is 38.2 Å². The highest BCUT2D eigenvalue weighted by atomic mass is 35.5. The highest BCUT2D eigenvalue weighted by Crippen LogP contribution is 2.23. The quantitative estimate of drug-likeness (QED) is 0.786. The summed E-state index contributed by atoms with van der Waals surface area (Å²) in [4.78, 5) is 12.2. The van der Waals surface area contributed by atoms with Crippen molar-refractivity contribution in [1.29, 1.82) is 0 Å². The normalized spacial score (nSPS) is 15.0. The molecular weight excluding hydrogens is 300 g/mol. The van der Waals surface area contributed by atoms with E-state index in [9.17, 15) is 4.79 Å². The topological polar surface area (TPSA) is 50.4 Å². The van der Waals surface area contributed by atoms with Crippen LogP contribution >= 0.6 is 12.4 Å². The predicted octanol–water partition coefficient (Wildman–Crippen LogP) is 3.53. The van der Waals surface area contributed by atoms with Gasteiger partial charge in [0.15, 0.2) is 0 Å². The van der Waals surface area contributed by atoms with Gasteiger partial charge in [-0.15, -0.1) is 12.4 Å². The van der Waals surface area contributed by atoms with E-state index in [4.69, 9.17) is 4.74 Å². The monoisotopic (exact) mass is 326 g/mol. The van der Waals surface area contributed by atoms with Gasteiger partial charge in [-0.3, -0.25) is 4.79 Å². The predicted molar refractivity (Wildman–Crippen MR) is 93.1 cm³/mol. The van der Waals surface area contributed by atoms with E-state index in [2.05, 4.69) is 17.6 Å². The second-order valence-corrected chi connectivity index (χ2v) is 5.69. The molecule has 22 heavy (non-hydrogen) atoms. The minimum atomic E-state index is 0. The molecule has 0 spiro atoms. The number of amides is 1. The number of piperidine rings is 1. The lowest BCUT2D eigenvalue weighted by molar-refractivity contribution is -0.120. The average Bonchev–Trinajstić information content (AvgIpc) is 2.51. The molecule has 0 atom stereocenters. The first-order valence-corrected chi connectivity index (χ1v) is 7.95. The summed E-state index contributed by atoms with van der Waals surface area (Å²) < 4.78 is 5.68. The summed E-state index contributed by atoms with van der Waals surface area (Å²) in [6, 6.07) is 5.87. The molecule has 1 aliphatic rings. The molecule has 0 bridgehead atoms. The van der Waals surface area contributed by atoms with Gasteiger partial charge in [-0.25, -0.2) is 0 Å². The Morgan fingerprint density at radius 2 is 2.09 bits per heavy atom. The zero-order valence-electron chi connectivity index (χ0n) is 13.5. The Bertz CT molecular complexity index is 474. The Balaban J connectivity index is 0.00000242. The molecule has 2 rings (SSSR count). The van der Waals surface area contributed by atoms with Gasteiger partial charge in [0.2, 0.25) is 5.91 Å². The van der Waals surface area contributed by atoms with Gasteiger partial charge >= 0.3 is 0 Å². The Morgan fingerprint density at radius 1 is 1.36 bits per heavy atom. The van der Waals surface area contributed by atoms with E-state index in [-0.39, 0.29) is 24.2 Å². The van der Waals surface area contributed by atoms with Crippen molar-refractivity contribution in [3.8, 4) is 5.75 Å². The fourth-order valence-corrected chi connectivity index (χ4v) is 2.52. The van der Waals surface area contributed by atoms with Gasteiger partial charge in [-0.2, -0.15) is 0 Å². The van der Waals surface area contributed by atoms with Crippen LogP contribution in [0.15, 0.2) is 18.2 Å². The lowest BCUT2D eigenvalue weighted by Gasteiger charge is -2.22. The van der Waals surface area contributed by atoms with Crippen molar-refractivity contribution >= 4 is 24.0 Å². The number of ether oxygens (including phenoxy) is 1. The Hall–Kier alpha value is -1.26. The molecule has 4 nitrogen and oxygen atoms in total. The number of unbranched alkanes of at least 4 members (excludes halogenated alkanes) is 1. The van der Waals surface area contributed by atoms with E-state index in [0.717, 1.165) is 62.4 Å². The zero-order valence-corrected chi connectivity index (χ0v) is 14.3. The standard InChI is InChI=1S/C17H26N2O2.ClH/c1-3-4-11-21-15-5-6-16(13(2)12-15)19-17(20)14-7-9-18-10-8-14;/h5-6,12,14,18H,3-4,7-11H2,1-2H3,(H,19,20);1H. The summed E-state index contributed by atoms with van der Waals surface area (Å²) in [6.45, 7) is 6.76. The van der Waals surface area contributed by atoms with Crippen LogP contribution in [0.2, 0.25) is 0 Å². The van der Waals surface area contributed by atoms with Crippen molar-refractivity contribution in [2.75, 3.05) is 25.0 Å². The minimum Gasteiger partial charge on any atom is -0.494 e. The number of nitrogens with one attached hydrogen (secondary N) is 2. The molecule has 1 aromatic rings. The Labute approximate surface area is 139 Å². The maximum Gasteiger partial charge on any atom is 0.227 e. The number of aryl methyl sites for hydroxylation is 1. The molecule has 2 N–H and O–H groups in total. The summed E-state index contributed by atoms with van der Waals surface area (Å²) in [7, 11) is 0. The molecule has 0 radical (unpaired) electrons. The van der Waals surface area contributed by atoms with Crippen LogP contribution in [0.3, 0.4) is 0 Å². The maximum atomic E-state index is 12.2. The molecule has 1 aromatic carbocycles. The molecule has 1 aliphatic heterocycles. The van der Waals surface area contributed by atoms with Crippen LogP contribution in [0.5, 0.6) is 5.75 Å². The smallest absolute Gasteiger partial charge is 0.227 e. The lowest BCUT2D eigenvalue weighted by Crippen LogP contribution is -2.34. The first-order chi connectivity index (χ1) is 10.2. The molecular formula is C17H27ClN2O2. The number of anilines is 1. The van der Waals surface area contributed by atoms with Crippen molar-refractivity contribution in [3.05, 3.63) is 23.8 Å². The molecule has 0 aliphatic carbocycles. The molecule has 0 aromatic heterocycles. The van der Waals surface area contributed by atoms with Gasteiger partial charge in [0.05, 0.1) is 6.61 Å². The van der Waals surface area contributed by atoms with Crippen LogP contribution in [0, 0.1) is 12.8 Å². The van der Waals surface area contributed by atoms with Crippen LogP contribution in [0.25, 0.3) is 0 Å². The minimum absolute atomic E-state index is 0. The highest BCUT2D eigenvalue weighted by molar-refractivity contribution is 5.93. The zero-order chi connectivity index (χ0) is 15.1. The number of hydrogen-bond acceptors (Lipinski definition) is 3. The number of carbonyl (C=O) groups is 1. The molecule has 1 fully saturated rings. The highest BCUT2D eigenvalue weighted by Gasteiger charge is 2.21. The fraction of sp³-hybridized carbons (Fsp3) is 0.588. The number of hydrogen-bond donors (Lipinski definition) is 2. The van der Waals surface area contributed by atoms with Crippen LogP contribution in [-0.2, 0) is 4.79 Å². The van der Waals surface area contributed by atoms with Crippen molar-refractivity contribution in [1.82, 2.24) is 5.32 Å². The molecule has 5 heteroatoms. The van der Waals surface area contributed by atoms with E-state index in [1.807, 2.05) is 25.1 Å². The molecule has 0 saturated carbocycles. The third-order valence-electron chi connectivity index (χ3n) is 3.93. The fourth-order valence-electron chi connectivity index (χ4n) is 2.52. The van der Waals surface area contributed by atoms with Crippen molar-refractivity contribution in [2.24, 2.45) is 5.92 Å². The molecule has 1 amide bonds. The van der Waals surface area contributed by atoms with E-state index >= 15 is 0 Å². The first kappa shape index (κ1) is 18.8. The summed E-state index contributed by atoms with van der Waals surface area (Å²) in [5.74, 6) is 1.14. The van der Waals surface area contributed by atoms with Gasteiger partial charge in [0, 0.05) is 11.6 Å². The van der Waals surface area contributed by atoms with Crippen molar-refractivity contribution in [3.63, 3.8) is 0 Å². The van der Waals surface area contributed by atoms with Crippen LogP contribution in [0.4, 0.5) is 5.69 Å². The number of benzene rings is 1. The second kappa shape index (κ2) is 9.70. The molecule has 1 saturated heterocycles. The van der Waals surface area contributed by atoms with Gasteiger partial charge in [0.25, 0.3) is 0 Å². The van der Waals surface area contributed by atoms with Crippen LogP contribution in [-0.4, -0.2) is 25.6 Å². The van der Waals surface area contributed by atoms with Gasteiger partial charge in [-0.05, 0) is 63.0 Å². The van der Waals surface area contributed by atoms with E-state index < -0.39 is 0 Å². The summed E-state index contributed by atoms with van der Waals surface area (Å²) in [6.07, 6.45) is 4.03. The third-order valence-corrected chi connectivity index (χ3v) is 3.93. The number of halogens is 1.